The minimum absolute atomic E-state index is 0.0518. The summed E-state index contributed by atoms with van der Waals surface area (Å²) in [5.74, 6) is 0. The molecule has 26 heavy (non-hydrogen) atoms. The Hall–Kier alpha value is -1.31. The zero-order valence-electron chi connectivity index (χ0n) is 15.0. The highest BCUT2D eigenvalue weighted by atomic mass is 32.1. The van der Waals surface area contributed by atoms with Gasteiger partial charge in [-0.05, 0) is 25.9 Å². The molecule has 1 saturated heterocycles. The van der Waals surface area contributed by atoms with E-state index in [9.17, 15) is 5.11 Å². The molecule has 0 radical (unpaired) electrons. The highest BCUT2D eigenvalue weighted by Gasteiger charge is 2.56. The third-order valence-electron chi connectivity index (χ3n) is 5.95. The van der Waals surface area contributed by atoms with Crippen LogP contribution in [0, 0.1) is 5.41 Å². The summed E-state index contributed by atoms with van der Waals surface area (Å²) in [6, 6.07) is 10.3. The second-order valence-electron chi connectivity index (χ2n) is 7.40. The Morgan fingerprint density at radius 3 is 2.73 bits per heavy atom. The quantitative estimate of drug-likeness (QED) is 0.814. The Morgan fingerprint density at radius 1 is 1.27 bits per heavy atom. The second kappa shape index (κ2) is 7.74. The molecule has 2 atom stereocenters. The molecule has 1 saturated carbocycles. The lowest BCUT2D eigenvalue weighted by atomic mass is 9.58. The lowest BCUT2D eigenvalue weighted by Gasteiger charge is -2.56. The van der Waals surface area contributed by atoms with Crippen molar-refractivity contribution in [1.29, 1.82) is 0 Å². The van der Waals surface area contributed by atoms with Crippen LogP contribution < -0.4 is 5.73 Å². The fraction of sp³-hybridized carbons (Fsp3) is 0.550. The predicted octanol–water partition coefficient (Wildman–Crippen LogP) is 2.50. The van der Waals surface area contributed by atoms with E-state index < -0.39 is 0 Å². The lowest BCUT2D eigenvalue weighted by molar-refractivity contribution is -0.210. The third kappa shape index (κ3) is 3.44. The average molecular weight is 374 g/mol. The smallest absolute Gasteiger partial charge is 0.107 e. The van der Waals surface area contributed by atoms with E-state index in [0.717, 1.165) is 49.6 Å². The fourth-order valence-corrected chi connectivity index (χ4v) is 5.11. The minimum atomic E-state index is -0.225. The molecule has 3 N–H and O–H groups in total. The molecule has 2 heterocycles. The summed E-state index contributed by atoms with van der Waals surface area (Å²) in [6.45, 7) is 3.99. The first-order valence-corrected chi connectivity index (χ1v) is 10.3. The summed E-state index contributed by atoms with van der Waals surface area (Å²) in [5, 5.41) is 13.7. The van der Waals surface area contributed by atoms with Gasteiger partial charge < -0.3 is 15.6 Å². The zero-order valence-corrected chi connectivity index (χ0v) is 15.8. The Bertz CT molecular complexity index is 713. The van der Waals surface area contributed by atoms with Crippen molar-refractivity contribution in [3.8, 4) is 11.3 Å². The Morgan fingerprint density at radius 2 is 2.04 bits per heavy atom. The topological polar surface area (TPSA) is 71.6 Å². The summed E-state index contributed by atoms with van der Waals surface area (Å²) >= 11 is 1.73. The predicted molar refractivity (Wildman–Crippen MR) is 104 cm³/mol. The molecule has 1 aromatic heterocycles. The fourth-order valence-electron chi connectivity index (χ4n) is 4.27. The maximum atomic E-state index is 10.4. The van der Waals surface area contributed by atoms with E-state index in [-0.39, 0.29) is 17.6 Å². The van der Waals surface area contributed by atoms with Crippen LogP contribution in [0.2, 0.25) is 0 Å². The molecule has 2 aliphatic rings. The van der Waals surface area contributed by atoms with Gasteiger partial charge in [-0.3, -0.25) is 4.90 Å². The van der Waals surface area contributed by atoms with E-state index in [4.69, 9.17) is 15.5 Å². The van der Waals surface area contributed by atoms with Crippen LogP contribution in [-0.2, 0) is 11.3 Å². The number of nitrogens with zero attached hydrogens (tertiary/aromatic N) is 2. The van der Waals surface area contributed by atoms with Crippen LogP contribution in [0.4, 0.5) is 0 Å². The van der Waals surface area contributed by atoms with Crippen LogP contribution in [0.5, 0.6) is 0 Å². The maximum absolute atomic E-state index is 10.4. The van der Waals surface area contributed by atoms with E-state index in [1.165, 1.54) is 5.56 Å². The second-order valence-corrected chi connectivity index (χ2v) is 8.34. The molecule has 6 heteroatoms. The van der Waals surface area contributed by atoms with Gasteiger partial charge >= 0.3 is 0 Å². The first kappa shape index (κ1) is 18.1. The molecule has 1 spiro atoms. The van der Waals surface area contributed by atoms with Gasteiger partial charge in [0, 0.05) is 29.3 Å². The van der Waals surface area contributed by atoms with E-state index in [1.54, 1.807) is 11.3 Å². The van der Waals surface area contributed by atoms with Gasteiger partial charge in [-0.1, -0.05) is 30.3 Å². The standard InChI is InChI=1S/C20H27N3O2S/c21-8-11-25-18-12-17(24)20(18)6-9-23(10-7-20)13-19-22-16(14-26-19)15-4-2-1-3-5-15/h1-5,14,17-18,24H,6-13,21H2. The summed E-state index contributed by atoms with van der Waals surface area (Å²) in [5.41, 5.74) is 7.74. The SMILES string of the molecule is NCCOC1CC(O)C12CCN(Cc1nc(-c3ccccc3)cs1)CC2. The van der Waals surface area contributed by atoms with Gasteiger partial charge in [0.05, 0.1) is 31.1 Å². The molecular formula is C20H27N3O2S. The number of rotatable bonds is 6. The van der Waals surface area contributed by atoms with Gasteiger partial charge in [-0.25, -0.2) is 4.98 Å². The highest BCUT2D eigenvalue weighted by molar-refractivity contribution is 7.09. The van der Waals surface area contributed by atoms with Gasteiger partial charge in [-0.2, -0.15) is 0 Å². The Kier molecular flexibility index (Phi) is 5.38. The van der Waals surface area contributed by atoms with Gasteiger partial charge in [0.25, 0.3) is 0 Å². The third-order valence-corrected chi connectivity index (χ3v) is 6.78. The van der Waals surface area contributed by atoms with Crippen LogP contribution in [0.1, 0.15) is 24.3 Å². The Labute approximate surface area is 158 Å². The molecule has 1 aliphatic heterocycles. The van der Waals surface area contributed by atoms with Crippen molar-refractivity contribution >= 4 is 11.3 Å². The van der Waals surface area contributed by atoms with Crippen molar-refractivity contribution in [2.24, 2.45) is 11.1 Å². The minimum Gasteiger partial charge on any atom is -0.392 e. The van der Waals surface area contributed by atoms with Gasteiger partial charge in [0.15, 0.2) is 0 Å². The van der Waals surface area contributed by atoms with E-state index >= 15 is 0 Å². The molecule has 1 aromatic carbocycles. The molecule has 4 rings (SSSR count). The molecule has 5 nitrogen and oxygen atoms in total. The zero-order chi connectivity index (χ0) is 18.0. The van der Waals surface area contributed by atoms with Crippen LogP contribution in [-0.4, -0.2) is 53.4 Å². The summed E-state index contributed by atoms with van der Waals surface area (Å²) in [4.78, 5) is 7.25. The van der Waals surface area contributed by atoms with E-state index in [0.29, 0.717) is 13.2 Å². The number of hydrogen-bond donors (Lipinski definition) is 2. The molecular weight excluding hydrogens is 346 g/mol. The van der Waals surface area contributed by atoms with Crippen molar-refractivity contribution in [2.45, 2.75) is 38.0 Å². The van der Waals surface area contributed by atoms with Gasteiger partial charge in [0.1, 0.15) is 5.01 Å². The number of ether oxygens (including phenoxy) is 1. The van der Waals surface area contributed by atoms with E-state index in [2.05, 4.69) is 22.4 Å². The number of aliphatic hydroxyl groups excluding tert-OH is 1. The van der Waals surface area contributed by atoms with Crippen molar-refractivity contribution in [2.75, 3.05) is 26.2 Å². The number of thiazole rings is 1. The monoisotopic (exact) mass is 373 g/mol. The average Bonchev–Trinajstić information content (AvgIpc) is 3.15. The number of likely N-dealkylation sites (tertiary alicyclic amines) is 1. The summed E-state index contributed by atoms with van der Waals surface area (Å²) in [7, 11) is 0. The molecule has 2 aromatic rings. The molecule has 1 aliphatic carbocycles. The number of piperidine rings is 1. The number of aliphatic hydroxyl groups is 1. The number of benzene rings is 1. The number of aromatic nitrogens is 1. The molecule has 140 valence electrons. The van der Waals surface area contributed by atoms with Gasteiger partial charge in [-0.15, -0.1) is 11.3 Å². The maximum Gasteiger partial charge on any atom is 0.107 e. The van der Waals surface area contributed by atoms with Crippen molar-refractivity contribution < 1.29 is 9.84 Å². The summed E-state index contributed by atoms with van der Waals surface area (Å²) in [6.07, 6.45) is 2.68. The molecule has 2 unspecified atom stereocenters. The van der Waals surface area contributed by atoms with Crippen molar-refractivity contribution in [3.63, 3.8) is 0 Å². The van der Waals surface area contributed by atoms with Gasteiger partial charge in [0.2, 0.25) is 0 Å². The lowest BCUT2D eigenvalue weighted by Crippen LogP contribution is -2.62. The number of nitrogens with two attached hydrogens (primary N) is 1. The first-order chi connectivity index (χ1) is 12.7. The molecule has 0 amide bonds. The molecule has 0 bridgehead atoms. The normalized spacial score (nSPS) is 25.3. The van der Waals surface area contributed by atoms with Crippen LogP contribution >= 0.6 is 11.3 Å². The largest absolute Gasteiger partial charge is 0.392 e. The highest BCUT2D eigenvalue weighted by Crippen LogP contribution is 2.51. The van der Waals surface area contributed by atoms with Crippen molar-refractivity contribution in [3.05, 3.63) is 40.7 Å². The van der Waals surface area contributed by atoms with Crippen molar-refractivity contribution in [1.82, 2.24) is 9.88 Å². The van der Waals surface area contributed by atoms with E-state index in [1.807, 2.05) is 18.2 Å². The Balaban J connectivity index is 1.34. The number of hydrogen-bond acceptors (Lipinski definition) is 6. The summed E-state index contributed by atoms with van der Waals surface area (Å²) < 4.78 is 5.88. The van der Waals surface area contributed by atoms with Crippen LogP contribution in [0.15, 0.2) is 35.7 Å². The van der Waals surface area contributed by atoms with Crippen LogP contribution in [0.25, 0.3) is 11.3 Å². The first-order valence-electron chi connectivity index (χ1n) is 9.43. The molecule has 2 fully saturated rings. The van der Waals surface area contributed by atoms with Crippen LogP contribution in [0.3, 0.4) is 0 Å².